The molecule has 92 valence electrons. The van der Waals surface area contributed by atoms with Crippen LogP contribution in [0.1, 0.15) is 38.1 Å². The first kappa shape index (κ1) is 13.2. The van der Waals surface area contributed by atoms with Crippen molar-refractivity contribution < 1.29 is 4.52 Å². The molecule has 4 nitrogen and oxygen atoms in total. The number of aromatic nitrogens is 1. The maximum Gasteiger partial charge on any atom is 0.151 e. The summed E-state index contributed by atoms with van der Waals surface area (Å²) in [6.45, 7) is 8.09. The molecule has 0 saturated carbocycles. The van der Waals surface area contributed by atoms with Gasteiger partial charge in [-0.1, -0.05) is 19.0 Å². The lowest BCUT2D eigenvalue weighted by atomic mass is 10.3. The van der Waals surface area contributed by atoms with Gasteiger partial charge in [-0.05, 0) is 33.0 Å². The molecular weight excluding hydrogens is 202 g/mol. The molecule has 4 heteroatoms. The molecule has 0 aliphatic rings. The van der Waals surface area contributed by atoms with Crippen LogP contribution in [0.5, 0.6) is 0 Å². The number of nitrogens with zero attached hydrogens (tertiary/aromatic N) is 2. The van der Waals surface area contributed by atoms with E-state index in [1.165, 1.54) is 0 Å². The van der Waals surface area contributed by atoms with Gasteiger partial charge in [0.05, 0.1) is 12.2 Å². The first-order chi connectivity index (χ1) is 7.76. The van der Waals surface area contributed by atoms with E-state index in [-0.39, 0.29) is 0 Å². The zero-order valence-corrected chi connectivity index (χ0v) is 10.6. The van der Waals surface area contributed by atoms with E-state index in [0.717, 1.165) is 50.5 Å². The van der Waals surface area contributed by atoms with Crippen molar-refractivity contribution in [3.63, 3.8) is 0 Å². The number of rotatable bonds is 8. The van der Waals surface area contributed by atoms with Crippen LogP contribution in [0, 0.1) is 0 Å². The molecule has 1 aromatic rings. The van der Waals surface area contributed by atoms with Crippen LogP contribution in [-0.4, -0.2) is 30.2 Å². The van der Waals surface area contributed by atoms with Crippen LogP contribution in [-0.2, 0) is 13.1 Å². The van der Waals surface area contributed by atoms with Crippen LogP contribution < -0.4 is 5.32 Å². The maximum atomic E-state index is 5.28. The van der Waals surface area contributed by atoms with Gasteiger partial charge in [-0.15, -0.1) is 0 Å². The maximum absolute atomic E-state index is 5.28. The Bertz CT molecular complexity index is 286. The van der Waals surface area contributed by atoms with Gasteiger partial charge >= 0.3 is 0 Å². The van der Waals surface area contributed by atoms with Crippen molar-refractivity contribution in [3.05, 3.63) is 17.5 Å². The van der Waals surface area contributed by atoms with Crippen LogP contribution in [0.15, 0.2) is 10.6 Å². The summed E-state index contributed by atoms with van der Waals surface area (Å²) in [4.78, 5) is 2.24. The Morgan fingerprint density at radius 1 is 1.38 bits per heavy atom. The molecule has 0 fully saturated rings. The molecule has 1 aromatic heterocycles. The van der Waals surface area contributed by atoms with E-state index in [9.17, 15) is 0 Å². The largest absolute Gasteiger partial charge is 0.360 e. The van der Waals surface area contributed by atoms with Crippen LogP contribution in [0.25, 0.3) is 0 Å². The third-order valence-corrected chi connectivity index (χ3v) is 2.37. The quantitative estimate of drug-likeness (QED) is 0.687. The molecule has 1 N–H and O–H groups in total. The minimum Gasteiger partial charge on any atom is -0.360 e. The molecule has 0 spiro atoms. The van der Waals surface area contributed by atoms with Crippen molar-refractivity contribution in [2.45, 2.75) is 39.8 Å². The fourth-order valence-corrected chi connectivity index (χ4v) is 1.63. The van der Waals surface area contributed by atoms with E-state index in [1.54, 1.807) is 0 Å². The standard InChI is InChI=1S/C12H23N3O/c1-4-6-13-9-11-8-12(16-14-11)10-15(3)7-5-2/h8,13H,4-7,9-10H2,1-3H3. The second-order valence-electron chi connectivity index (χ2n) is 4.20. The summed E-state index contributed by atoms with van der Waals surface area (Å²) in [7, 11) is 2.10. The van der Waals surface area contributed by atoms with Crippen LogP contribution in [0.4, 0.5) is 0 Å². The topological polar surface area (TPSA) is 41.3 Å². The Kier molecular flexibility index (Phi) is 6.11. The zero-order valence-electron chi connectivity index (χ0n) is 10.6. The molecule has 0 aliphatic heterocycles. The van der Waals surface area contributed by atoms with Gasteiger partial charge in [-0.2, -0.15) is 0 Å². The molecule has 16 heavy (non-hydrogen) atoms. The third-order valence-electron chi connectivity index (χ3n) is 2.37. The molecule has 0 saturated heterocycles. The number of hydrogen-bond donors (Lipinski definition) is 1. The summed E-state index contributed by atoms with van der Waals surface area (Å²) < 4.78 is 5.28. The van der Waals surface area contributed by atoms with Crippen molar-refractivity contribution in [2.75, 3.05) is 20.1 Å². The molecular formula is C12H23N3O. The summed E-state index contributed by atoms with van der Waals surface area (Å²) >= 11 is 0. The van der Waals surface area contributed by atoms with E-state index in [4.69, 9.17) is 4.52 Å². The molecule has 0 aliphatic carbocycles. The molecule has 0 unspecified atom stereocenters. The van der Waals surface area contributed by atoms with Crippen LogP contribution >= 0.6 is 0 Å². The van der Waals surface area contributed by atoms with Gasteiger partial charge in [0.15, 0.2) is 5.76 Å². The highest BCUT2D eigenvalue weighted by Gasteiger charge is 2.06. The molecule has 0 bridgehead atoms. The zero-order chi connectivity index (χ0) is 11.8. The van der Waals surface area contributed by atoms with Crippen molar-refractivity contribution in [2.24, 2.45) is 0 Å². The van der Waals surface area contributed by atoms with Crippen molar-refractivity contribution in [1.29, 1.82) is 0 Å². The molecule has 0 radical (unpaired) electrons. The summed E-state index contributed by atoms with van der Waals surface area (Å²) in [6.07, 6.45) is 2.31. The molecule has 1 rings (SSSR count). The highest BCUT2D eigenvalue weighted by atomic mass is 16.5. The lowest BCUT2D eigenvalue weighted by Crippen LogP contribution is -2.18. The summed E-state index contributed by atoms with van der Waals surface area (Å²) in [5.41, 5.74) is 0.994. The average Bonchev–Trinajstić information content (AvgIpc) is 2.66. The predicted octanol–water partition coefficient (Wildman–Crippen LogP) is 2.02. The molecule has 1 heterocycles. The fourth-order valence-electron chi connectivity index (χ4n) is 1.63. The van der Waals surface area contributed by atoms with E-state index < -0.39 is 0 Å². The van der Waals surface area contributed by atoms with E-state index in [1.807, 2.05) is 6.07 Å². The van der Waals surface area contributed by atoms with Gasteiger partial charge in [-0.3, -0.25) is 4.90 Å². The van der Waals surface area contributed by atoms with Crippen molar-refractivity contribution in [1.82, 2.24) is 15.4 Å². The van der Waals surface area contributed by atoms with Gasteiger partial charge in [0.2, 0.25) is 0 Å². The van der Waals surface area contributed by atoms with Crippen molar-refractivity contribution in [3.8, 4) is 0 Å². The normalized spacial score (nSPS) is 11.2. The first-order valence-electron chi connectivity index (χ1n) is 6.10. The Balaban J connectivity index is 2.33. The van der Waals surface area contributed by atoms with E-state index in [2.05, 4.69) is 36.3 Å². The van der Waals surface area contributed by atoms with Crippen LogP contribution in [0.2, 0.25) is 0 Å². The minimum absolute atomic E-state index is 0.800. The monoisotopic (exact) mass is 225 g/mol. The van der Waals surface area contributed by atoms with Gasteiger partial charge in [0.25, 0.3) is 0 Å². The summed E-state index contributed by atoms with van der Waals surface area (Å²) in [6, 6.07) is 2.04. The number of hydrogen-bond acceptors (Lipinski definition) is 4. The Hall–Kier alpha value is -0.870. The molecule has 0 atom stereocenters. The van der Waals surface area contributed by atoms with E-state index in [0.29, 0.717) is 0 Å². The smallest absolute Gasteiger partial charge is 0.151 e. The summed E-state index contributed by atoms with van der Waals surface area (Å²) in [5, 5.41) is 7.34. The summed E-state index contributed by atoms with van der Waals surface area (Å²) in [5.74, 6) is 0.948. The van der Waals surface area contributed by atoms with Gasteiger partial charge in [0, 0.05) is 12.6 Å². The lowest BCUT2D eigenvalue weighted by Gasteiger charge is -2.12. The first-order valence-corrected chi connectivity index (χ1v) is 6.10. The highest BCUT2D eigenvalue weighted by molar-refractivity contribution is 5.04. The Morgan fingerprint density at radius 3 is 2.88 bits per heavy atom. The minimum atomic E-state index is 0.800. The Morgan fingerprint density at radius 2 is 2.19 bits per heavy atom. The van der Waals surface area contributed by atoms with Crippen molar-refractivity contribution >= 4 is 0 Å². The molecule has 0 amide bonds. The van der Waals surface area contributed by atoms with Crippen LogP contribution in [0.3, 0.4) is 0 Å². The van der Waals surface area contributed by atoms with Gasteiger partial charge in [-0.25, -0.2) is 0 Å². The van der Waals surface area contributed by atoms with Gasteiger partial charge < -0.3 is 9.84 Å². The Labute approximate surface area is 98.0 Å². The SMILES string of the molecule is CCCNCc1cc(CN(C)CCC)on1. The number of nitrogens with one attached hydrogen (secondary N) is 1. The second-order valence-corrected chi connectivity index (χ2v) is 4.20. The fraction of sp³-hybridized carbons (Fsp3) is 0.750. The average molecular weight is 225 g/mol. The predicted molar refractivity (Wildman–Crippen MR) is 65.1 cm³/mol. The third kappa shape index (κ3) is 4.77. The molecule has 0 aromatic carbocycles. The van der Waals surface area contributed by atoms with Gasteiger partial charge in [0.1, 0.15) is 0 Å². The highest BCUT2D eigenvalue weighted by Crippen LogP contribution is 2.06. The van der Waals surface area contributed by atoms with E-state index >= 15 is 0 Å². The second kappa shape index (κ2) is 7.41. The lowest BCUT2D eigenvalue weighted by molar-refractivity contribution is 0.272.